The molecule has 9 nitrogen and oxygen atoms in total. The molecule has 0 spiro atoms. The summed E-state index contributed by atoms with van der Waals surface area (Å²) in [7, 11) is -2.75. The zero-order valence-electron chi connectivity index (χ0n) is 25.5. The lowest BCUT2D eigenvalue weighted by atomic mass is 9.90. The second-order valence-corrected chi connectivity index (χ2v) is 9.80. The summed E-state index contributed by atoms with van der Waals surface area (Å²) >= 11 is 0. The number of hydrogen-bond acceptors (Lipinski definition) is 7. The standard InChI is InChI=1S/C28H26F6N4O5/c1-4-5-16-12-17(26(41,27(29,30)31)28(32,33)34)6-8-21(16)43-20-10-11-35-19(13-20)15-38-23(39)25(2,37-24(38)40)18-7-9-22(42-3)36-14-18/h6-14,41H,4-5,15H2,1-3H3,(H,37,40)/i3D3. The van der Waals surface area contributed by atoms with Crippen LogP contribution < -0.4 is 14.8 Å². The van der Waals surface area contributed by atoms with Gasteiger partial charge in [-0.25, -0.2) is 9.78 Å². The minimum atomic E-state index is -6.06. The summed E-state index contributed by atoms with van der Waals surface area (Å²) in [4.78, 5) is 35.0. The summed E-state index contributed by atoms with van der Waals surface area (Å²) in [6, 6.07) is 6.42. The maximum atomic E-state index is 13.4. The van der Waals surface area contributed by atoms with Crippen LogP contribution in [0.5, 0.6) is 17.4 Å². The van der Waals surface area contributed by atoms with Crippen LogP contribution in [0.15, 0.2) is 54.9 Å². The number of pyridine rings is 2. The minimum Gasteiger partial charge on any atom is -0.481 e. The summed E-state index contributed by atoms with van der Waals surface area (Å²) in [5.41, 5.74) is -7.78. The van der Waals surface area contributed by atoms with Gasteiger partial charge in [-0.15, -0.1) is 0 Å². The van der Waals surface area contributed by atoms with Gasteiger partial charge in [0.2, 0.25) is 5.88 Å². The van der Waals surface area contributed by atoms with E-state index in [1.54, 1.807) is 6.92 Å². The van der Waals surface area contributed by atoms with Crippen molar-refractivity contribution >= 4 is 11.9 Å². The van der Waals surface area contributed by atoms with Gasteiger partial charge < -0.3 is 19.9 Å². The van der Waals surface area contributed by atoms with E-state index in [4.69, 9.17) is 13.6 Å². The van der Waals surface area contributed by atoms with Crippen molar-refractivity contribution in [3.05, 3.63) is 77.2 Å². The number of carbonyl (C=O) groups excluding carboxylic acids is 2. The summed E-state index contributed by atoms with van der Waals surface area (Å²) < 4.78 is 113. The fourth-order valence-corrected chi connectivity index (χ4v) is 4.52. The van der Waals surface area contributed by atoms with E-state index >= 15 is 0 Å². The highest BCUT2D eigenvalue weighted by Gasteiger charge is 2.71. The first-order valence-electron chi connectivity index (χ1n) is 14.1. The molecule has 3 amide bonds. The number of halogens is 6. The summed E-state index contributed by atoms with van der Waals surface area (Å²) in [6.45, 7) is 2.71. The number of nitrogens with one attached hydrogen (secondary N) is 1. The third-order valence-electron chi connectivity index (χ3n) is 6.85. The first-order valence-corrected chi connectivity index (χ1v) is 12.6. The predicted molar refractivity (Wildman–Crippen MR) is 138 cm³/mol. The summed E-state index contributed by atoms with van der Waals surface area (Å²) in [6.07, 6.45) is -9.35. The number of aryl methyl sites for hydroxylation is 1. The van der Waals surface area contributed by atoms with Crippen LogP contribution in [-0.2, 0) is 28.9 Å². The maximum Gasteiger partial charge on any atom is 0.430 e. The number of carbonyl (C=O) groups is 2. The van der Waals surface area contributed by atoms with Gasteiger partial charge in [0.1, 0.15) is 17.0 Å². The number of alkyl halides is 6. The van der Waals surface area contributed by atoms with E-state index in [1.807, 2.05) is 0 Å². The lowest BCUT2D eigenvalue weighted by molar-refractivity contribution is -0.376. The lowest BCUT2D eigenvalue weighted by Crippen LogP contribution is -2.53. The Labute approximate surface area is 245 Å². The fraction of sp³-hybridized carbons (Fsp3) is 0.357. The number of nitrogens with zero attached hydrogens (tertiary/aromatic N) is 3. The van der Waals surface area contributed by atoms with Crippen LogP contribution in [0, 0.1) is 0 Å². The Kier molecular flexibility index (Phi) is 7.24. The van der Waals surface area contributed by atoms with E-state index in [9.17, 15) is 41.0 Å². The highest BCUT2D eigenvalue weighted by molar-refractivity contribution is 6.07. The van der Waals surface area contributed by atoms with Crippen LogP contribution in [0.1, 0.15) is 46.8 Å². The third kappa shape index (κ3) is 5.81. The third-order valence-corrected chi connectivity index (χ3v) is 6.85. The van der Waals surface area contributed by atoms with Crippen molar-refractivity contribution in [3.63, 3.8) is 0 Å². The molecule has 0 radical (unpaired) electrons. The number of benzene rings is 1. The molecule has 1 fully saturated rings. The average Bonchev–Trinajstić information content (AvgIpc) is 3.15. The largest absolute Gasteiger partial charge is 0.481 e. The topological polar surface area (TPSA) is 114 Å². The number of aromatic nitrogens is 2. The van der Waals surface area contributed by atoms with Crippen molar-refractivity contribution in [3.8, 4) is 17.4 Å². The normalized spacial score (nSPS) is 19.0. The van der Waals surface area contributed by atoms with Gasteiger partial charge in [0.15, 0.2) is 0 Å². The van der Waals surface area contributed by atoms with Crippen LogP contribution in [0.2, 0.25) is 0 Å². The van der Waals surface area contributed by atoms with Gasteiger partial charge in [0.25, 0.3) is 11.5 Å². The molecule has 43 heavy (non-hydrogen) atoms. The predicted octanol–water partition coefficient (Wildman–Crippen LogP) is 5.51. The lowest BCUT2D eigenvalue weighted by Gasteiger charge is -2.33. The smallest absolute Gasteiger partial charge is 0.430 e. The van der Waals surface area contributed by atoms with E-state index in [2.05, 4.69) is 15.3 Å². The van der Waals surface area contributed by atoms with Crippen LogP contribution in [0.4, 0.5) is 31.1 Å². The van der Waals surface area contributed by atoms with Crippen LogP contribution >= 0.6 is 0 Å². The first kappa shape index (κ1) is 27.4. The molecular formula is C28H26F6N4O5. The molecule has 3 heterocycles. The van der Waals surface area contributed by atoms with Gasteiger partial charge in [-0.05, 0) is 43.2 Å². The van der Waals surface area contributed by atoms with Gasteiger partial charge in [-0.1, -0.05) is 19.4 Å². The molecule has 2 N–H and O–H groups in total. The molecule has 1 aliphatic rings. The Hall–Kier alpha value is -4.40. The molecular weight excluding hydrogens is 586 g/mol. The molecule has 0 bridgehead atoms. The fourth-order valence-electron chi connectivity index (χ4n) is 4.52. The molecule has 2 aromatic heterocycles. The van der Waals surface area contributed by atoms with Crippen molar-refractivity contribution < 1.29 is 54.6 Å². The number of methoxy groups -OCH3 is 1. The molecule has 1 saturated heterocycles. The van der Waals surface area contributed by atoms with Gasteiger partial charge >= 0.3 is 18.4 Å². The maximum absolute atomic E-state index is 13.4. The molecule has 3 aromatic rings. The number of rotatable bonds is 9. The Balaban J connectivity index is 1.56. The minimum absolute atomic E-state index is 0.00606. The first-order chi connectivity index (χ1) is 21.2. The average molecular weight is 616 g/mol. The number of ether oxygens (including phenoxy) is 2. The van der Waals surface area contributed by atoms with Crippen molar-refractivity contribution in [1.82, 2.24) is 20.2 Å². The zero-order valence-corrected chi connectivity index (χ0v) is 22.5. The highest BCUT2D eigenvalue weighted by atomic mass is 19.4. The second kappa shape index (κ2) is 11.4. The van der Waals surface area contributed by atoms with Crippen LogP contribution in [0.25, 0.3) is 0 Å². The molecule has 0 saturated carbocycles. The molecule has 4 rings (SSSR count). The molecule has 1 atom stereocenters. The summed E-state index contributed by atoms with van der Waals surface area (Å²) in [5, 5.41) is 12.4. The van der Waals surface area contributed by atoms with Crippen molar-refractivity contribution in [2.24, 2.45) is 0 Å². The zero-order chi connectivity index (χ0) is 34.3. The van der Waals surface area contributed by atoms with E-state index < -0.39 is 48.0 Å². The Bertz CT molecular complexity index is 1600. The number of imide groups is 1. The van der Waals surface area contributed by atoms with Gasteiger partial charge in [-0.2, -0.15) is 26.3 Å². The van der Waals surface area contributed by atoms with Gasteiger partial charge in [-0.3, -0.25) is 14.7 Å². The van der Waals surface area contributed by atoms with E-state index in [1.165, 1.54) is 43.6 Å². The molecule has 1 unspecified atom stereocenters. The number of hydrogen-bond donors (Lipinski definition) is 2. The van der Waals surface area contributed by atoms with Crippen LogP contribution in [0.3, 0.4) is 0 Å². The summed E-state index contributed by atoms with van der Waals surface area (Å²) in [5.74, 6) is -0.967. The van der Waals surface area contributed by atoms with E-state index in [-0.39, 0.29) is 47.2 Å². The number of aliphatic hydroxyl groups is 1. The molecule has 230 valence electrons. The Morgan fingerprint density at radius 1 is 1.05 bits per heavy atom. The van der Waals surface area contributed by atoms with Gasteiger partial charge in [0, 0.05) is 35.7 Å². The van der Waals surface area contributed by atoms with Crippen molar-refractivity contribution in [2.45, 2.75) is 56.7 Å². The van der Waals surface area contributed by atoms with Crippen molar-refractivity contribution in [2.75, 3.05) is 7.04 Å². The van der Waals surface area contributed by atoms with Gasteiger partial charge in [0.05, 0.1) is 23.4 Å². The van der Waals surface area contributed by atoms with Crippen molar-refractivity contribution in [1.29, 1.82) is 0 Å². The Morgan fingerprint density at radius 3 is 2.37 bits per heavy atom. The molecule has 1 aliphatic heterocycles. The van der Waals surface area contributed by atoms with E-state index in [0.29, 0.717) is 18.6 Å². The highest BCUT2D eigenvalue weighted by Crippen LogP contribution is 2.50. The number of urea groups is 1. The molecule has 1 aromatic carbocycles. The quantitative estimate of drug-likeness (QED) is 0.241. The SMILES string of the molecule is [2H]C([2H])([2H])Oc1ccc(C2(C)NC(=O)N(Cc3cc(Oc4ccc(C(O)(C(F)(F)F)C(F)(F)F)cc4CCC)ccn3)C2=O)cn1. The second-order valence-electron chi connectivity index (χ2n) is 9.80. The Morgan fingerprint density at radius 2 is 1.77 bits per heavy atom. The monoisotopic (exact) mass is 615 g/mol. The molecule has 0 aliphatic carbocycles. The van der Waals surface area contributed by atoms with E-state index in [0.717, 1.165) is 11.0 Å². The number of amides is 3. The van der Waals surface area contributed by atoms with Crippen LogP contribution in [-0.4, -0.2) is 51.3 Å². The molecule has 15 heteroatoms.